The van der Waals surface area contributed by atoms with E-state index in [2.05, 4.69) is 19.1 Å². The average Bonchev–Trinajstić information content (AvgIpc) is 2.84. The lowest BCUT2D eigenvalue weighted by Crippen LogP contribution is -2.26. The van der Waals surface area contributed by atoms with Gasteiger partial charge in [0.25, 0.3) is 0 Å². The summed E-state index contributed by atoms with van der Waals surface area (Å²) in [5.74, 6) is -0.163. The van der Waals surface area contributed by atoms with Gasteiger partial charge >= 0.3 is 5.97 Å². The molecule has 0 amide bonds. The summed E-state index contributed by atoms with van der Waals surface area (Å²) in [6, 6.07) is 0. The summed E-state index contributed by atoms with van der Waals surface area (Å²) in [5.41, 5.74) is -0.852. The Labute approximate surface area is 152 Å². The Hall–Kier alpha value is -1.13. The van der Waals surface area contributed by atoms with Crippen LogP contribution < -0.4 is 0 Å². The Balaban J connectivity index is 2.06. The van der Waals surface area contributed by atoms with E-state index in [1.807, 2.05) is 19.1 Å². The van der Waals surface area contributed by atoms with Crippen LogP contribution >= 0.6 is 0 Å². The van der Waals surface area contributed by atoms with Gasteiger partial charge in [-0.3, -0.25) is 4.79 Å². The van der Waals surface area contributed by atoms with Crippen LogP contribution in [0, 0.1) is 11.8 Å². The first kappa shape index (κ1) is 20.2. The van der Waals surface area contributed by atoms with E-state index in [0.29, 0.717) is 12.8 Å². The van der Waals surface area contributed by atoms with Gasteiger partial charge in [-0.1, -0.05) is 50.5 Å². The highest BCUT2D eigenvalue weighted by Crippen LogP contribution is 2.39. The molecule has 2 rings (SSSR count). The topological polar surface area (TPSA) is 66.8 Å². The number of carbonyl (C=O) groups is 1. The maximum Gasteiger partial charge on any atom is 0.306 e. The van der Waals surface area contributed by atoms with E-state index in [1.165, 1.54) is 0 Å². The largest absolute Gasteiger partial charge is 0.462 e. The SMILES string of the molecule is CCCCCC(C)(O)C=CC1C(O)CC2OC(=O)CCCC=CCC21. The first-order valence-electron chi connectivity index (χ1n) is 9.87. The molecule has 4 heteroatoms. The van der Waals surface area contributed by atoms with Gasteiger partial charge in [0.2, 0.25) is 0 Å². The number of aliphatic hydroxyl groups excluding tert-OH is 1. The van der Waals surface area contributed by atoms with Crippen LogP contribution in [0.3, 0.4) is 0 Å². The first-order valence-corrected chi connectivity index (χ1v) is 9.87. The van der Waals surface area contributed by atoms with Gasteiger partial charge < -0.3 is 14.9 Å². The third-order valence-corrected chi connectivity index (χ3v) is 5.46. The standard InChI is InChI=1S/C21H34O4/c1-3-4-9-13-21(2,24)14-12-16-17-10-7-5-6-8-11-20(23)25-19(17)15-18(16)22/h5,7,12,14,16-19,22,24H,3-4,6,8-11,13,15H2,1-2H3. The van der Waals surface area contributed by atoms with Gasteiger partial charge in [-0.25, -0.2) is 0 Å². The summed E-state index contributed by atoms with van der Waals surface area (Å²) < 4.78 is 5.63. The first-order chi connectivity index (χ1) is 11.9. The van der Waals surface area contributed by atoms with Crippen LogP contribution in [-0.4, -0.2) is 34.0 Å². The molecule has 5 unspecified atom stereocenters. The molecule has 1 fully saturated rings. The quantitative estimate of drug-likeness (QED) is 0.433. The highest BCUT2D eigenvalue weighted by molar-refractivity contribution is 5.69. The van der Waals surface area contributed by atoms with Crippen LogP contribution in [-0.2, 0) is 9.53 Å². The van der Waals surface area contributed by atoms with Crippen LogP contribution in [0.25, 0.3) is 0 Å². The molecule has 0 aromatic heterocycles. The normalized spacial score (nSPS) is 33.0. The van der Waals surface area contributed by atoms with Crippen molar-refractivity contribution >= 4 is 5.97 Å². The third-order valence-electron chi connectivity index (χ3n) is 5.46. The predicted octanol–water partition coefficient (Wildman–Crippen LogP) is 3.91. The zero-order valence-corrected chi connectivity index (χ0v) is 15.7. The molecule has 0 aromatic rings. The number of hydrogen-bond donors (Lipinski definition) is 2. The second kappa shape index (κ2) is 9.54. The van der Waals surface area contributed by atoms with Gasteiger partial charge in [0.05, 0.1) is 11.7 Å². The number of allylic oxidation sites excluding steroid dienone is 2. The number of hydrogen-bond acceptors (Lipinski definition) is 4. The molecule has 1 aliphatic heterocycles. The molecule has 0 saturated heterocycles. The van der Waals surface area contributed by atoms with Crippen molar-refractivity contribution in [3.63, 3.8) is 0 Å². The lowest BCUT2D eigenvalue weighted by Gasteiger charge is -2.25. The summed E-state index contributed by atoms with van der Waals surface area (Å²) in [5, 5.41) is 21.0. The molecule has 25 heavy (non-hydrogen) atoms. The number of rotatable bonds is 6. The van der Waals surface area contributed by atoms with E-state index in [-0.39, 0.29) is 23.9 Å². The number of aliphatic hydroxyl groups is 2. The van der Waals surface area contributed by atoms with Gasteiger partial charge in [0.1, 0.15) is 6.10 Å². The molecule has 142 valence electrons. The number of esters is 1. The molecule has 0 spiro atoms. The molecule has 1 aliphatic carbocycles. The Morgan fingerprint density at radius 1 is 1.36 bits per heavy atom. The van der Waals surface area contributed by atoms with Crippen molar-refractivity contribution in [3.05, 3.63) is 24.3 Å². The Morgan fingerprint density at radius 3 is 2.92 bits per heavy atom. The highest BCUT2D eigenvalue weighted by atomic mass is 16.5. The van der Waals surface area contributed by atoms with Gasteiger partial charge in [0, 0.05) is 24.7 Å². The molecule has 1 saturated carbocycles. The Bertz CT molecular complexity index is 480. The van der Waals surface area contributed by atoms with Crippen molar-refractivity contribution in [2.75, 3.05) is 0 Å². The zero-order valence-electron chi connectivity index (χ0n) is 15.7. The van der Waals surface area contributed by atoms with Crippen molar-refractivity contribution < 1.29 is 19.7 Å². The van der Waals surface area contributed by atoms with E-state index in [4.69, 9.17) is 4.74 Å². The summed E-state index contributed by atoms with van der Waals surface area (Å²) in [4.78, 5) is 11.9. The fraction of sp³-hybridized carbons (Fsp3) is 0.762. The van der Waals surface area contributed by atoms with Crippen molar-refractivity contribution in [3.8, 4) is 0 Å². The summed E-state index contributed by atoms with van der Waals surface area (Å²) >= 11 is 0. The predicted molar refractivity (Wildman–Crippen MR) is 99.0 cm³/mol. The molecular weight excluding hydrogens is 316 g/mol. The molecule has 2 aliphatic rings. The molecule has 5 atom stereocenters. The van der Waals surface area contributed by atoms with Crippen LogP contribution in [0.5, 0.6) is 0 Å². The zero-order chi connectivity index (χ0) is 18.3. The fourth-order valence-electron chi connectivity index (χ4n) is 3.92. The molecule has 4 nitrogen and oxygen atoms in total. The molecule has 0 radical (unpaired) electrons. The van der Waals surface area contributed by atoms with E-state index < -0.39 is 11.7 Å². The summed E-state index contributed by atoms with van der Waals surface area (Å²) in [6.07, 6.45) is 14.7. The van der Waals surface area contributed by atoms with Crippen molar-refractivity contribution in [1.82, 2.24) is 0 Å². The number of ether oxygens (including phenoxy) is 1. The third kappa shape index (κ3) is 6.27. The van der Waals surface area contributed by atoms with Gasteiger partial charge in [0.15, 0.2) is 0 Å². The smallest absolute Gasteiger partial charge is 0.306 e. The monoisotopic (exact) mass is 350 g/mol. The minimum absolute atomic E-state index is 0.0796. The molecule has 0 aromatic carbocycles. The highest BCUT2D eigenvalue weighted by Gasteiger charge is 2.43. The van der Waals surface area contributed by atoms with Crippen LogP contribution in [0.1, 0.15) is 71.6 Å². The van der Waals surface area contributed by atoms with E-state index in [1.54, 1.807) is 0 Å². The molecular formula is C21H34O4. The van der Waals surface area contributed by atoms with Crippen molar-refractivity contribution in [2.45, 2.75) is 89.4 Å². The lowest BCUT2D eigenvalue weighted by molar-refractivity contribution is -0.151. The fourth-order valence-corrected chi connectivity index (χ4v) is 3.92. The number of fused-ring (bicyclic) bond motifs is 1. The summed E-state index contributed by atoms with van der Waals surface area (Å²) in [6.45, 7) is 3.97. The average molecular weight is 350 g/mol. The maximum atomic E-state index is 11.9. The minimum atomic E-state index is -0.852. The van der Waals surface area contributed by atoms with E-state index in [0.717, 1.165) is 44.9 Å². The van der Waals surface area contributed by atoms with Crippen LogP contribution in [0.15, 0.2) is 24.3 Å². The Morgan fingerprint density at radius 2 is 2.16 bits per heavy atom. The molecule has 1 heterocycles. The maximum absolute atomic E-state index is 11.9. The van der Waals surface area contributed by atoms with Gasteiger partial charge in [-0.2, -0.15) is 0 Å². The number of carbonyl (C=O) groups excluding carboxylic acids is 1. The lowest BCUT2D eigenvalue weighted by atomic mass is 9.87. The van der Waals surface area contributed by atoms with Crippen molar-refractivity contribution in [1.29, 1.82) is 0 Å². The van der Waals surface area contributed by atoms with Gasteiger partial charge in [-0.15, -0.1) is 0 Å². The number of unbranched alkanes of at least 4 members (excludes halogenated alkanes) is 2. The Kier molecular flexibility index (Phi) is 7.70. The molecule has 0 bridgehead atoms. The van der Waals surface area contributed by atoms with E-state index >= 15 is 0 Å². The van der Waals surface area contributed by atoms with Crippen LogP contribution in [0.2, 0.25) is 0 Å². The minimum Gasteiger partial charge on any atom is -0.462 e. The van der Waals surface area contributed by atoms with Crippen LogP contribution in [0.4, 0.5) is 0 Å². The van der Waals surface area contributed by atoms with Crippen molar-refractivity contribution in [2.24, 2.45) is 11.8 Å². The second-order valence-electron chi connectivity index (χ2n) is 7.85. The molecule has 2 N–H and O–H groups in total. The second-order valence-corrected chi connectivity index (χ2v) is 7.85. The van der Waals surface area contributed by atoms with Gasteiger partial charge in [-0.05, 0) is 32.6 Å². The van der Waals surface area contributed by atoms with E-state index in [9.17, 15) is 15.0 Å². The summed E-state index contributed by atoms with van der Waals surface area (Å²) in [7, 11) is 0.